The molecule has 0 unspecified atom stereocenters. The Morgan fingerprint density at radius 1 is 1.33 bits per heavy atom. The second kappa shape index (κ2) is 3.26. The fourth-order valence-corrected chi connectivity index (χ4v) is 2.55. The van der Waals surface area contributed by atoms with Crippen LogP contribution in [-0.2, 0) is 0 Å². The van der Waals surface area contributed by atoms with Crippen LogP contribution in [0.25, 0.3) is 5.52 Å². The second-order valence-electron chi connectivity index (χ2n) is 4.32. The molecule has 3 rings (SSSR count). The van der Waals surface area contributed by atoms with Crippen molar-refractivity contribution in [3.63, 3.8) is 0 Å². The van der Waals surface area contributed by atoms with Gasteiger partial charge in [-0.05, 0) is 25.0 Å². The molecule has 0 spiro atoms. The van der Waals surface area contributed by atoms with Gasteiger partial charge < -0.3 is 10.1 Å². The molecule has 3 nitrogen and oxygen atoms in total. The van der Waals surface area contributed by atoms with Gasteiger partial charge in [0.1, 0.15) is 5.82 Å². The Kier molecular flexibility index (Phi) is 1.91. The molecule has 2 N–H and O–H groups in total. The summed E-state index contributed by atoms with van der Waals surface area (Å²) in [5.41, 5.74) is 7.76. The molecule has 0 saturated heterocycles. The molecular weight excluding hydrogens is 186 g/mol. The summed E-state index contributed by atoms with van der Waals surface area (Å²) >= 11 is 0. The lowest BCUT2D eigenvalue weighted by Crippen LogP contribution is -2.00. The van der Waals surface area contributed by atoms with Gasteiger partial charge in [-0.2, -0.15) is 0 Å². The number of anilines is 1. The molecule has 0 radical (unpaired) electrons. The molecule has 0 aromatic carbocycles. The largest absolute Gasteiger partial charge is 0.397 e. The third-order valence-corrected chi connectivity index (χ3v) is 3.35. The van der Waals surface area contributed by atoms with Crippen LogP contribution in [0.5, 0.6) is 0 Å². The van der Waals surface area contributed by atoms with Gasteiger partial charge >= 0.3 is 0 Å². The van der Waals surface area contributed by atoms with E-state index < -0.39 is 0 Å². The van der Waals surface area contributed by atoms with Crippen molar-refractivity contribution >= 4 is 11.2 Å². The molecule has 0 atom stereocenters. The summed E-state index contributed by atoms with van der Waals surface area (Å²) in [4.78, 5) is 4.52. The Balaban J connectivity index is 2.15. The number of nitrogen functional groups attached to an aromatic ring is 1. The highest BCUT2D eigenvalue weighted by Gasteiger charge is 2.21. The van der Waals surface area contributed by atoms with Crippen molar-refractivity contribution in [3.8, 4) is 0 Å². The van der Waals surface area contributed by atoms with E-state index in [0.29, 0.717) is 5.92 Å². The molecule has 2 aromatic heterocycles. The van der Waals surface area contributed by atoms with E-state index in [2.05, 4.69) is 15.6 Å². The summed E-state index contributed by atoms with van der Waals surface area (Å²) in [6.45, 7) is 0. The van der Waals surface area contributed by atoms with Crippen LogP contribution >= 0.6 is 0 Å². The van der Waals surface area contributed by atoms with Gasteiger partial charge in [-0.15, -0.1) is 0 Å². The summed E-state index contributed by atoms with van der Waals surface area (Å²) in [6, 6.07) is 3.91. The van der Waals surface area contributed by atoms with E-state index >= 15 is 0 Å². The maximum atomic E-state index is 5.91. The van der Waals surface area contributed by atoms with E-state index in [-0.39, 0.29) is 0 Å². The number of aromatic nitrogens is 2. The van der Waals surface area contributed by atoms with Crippen molar-refractivity contribution in [2.75, 3.05) is 5.73 Å². The van der Waals surface area contributed by atoms with E-state index in [4.69, 9.17) is 5.73 Å². The Bertz CT molecular complexity index is 481. The molecule has 1 fully saturated rings. The first-order valence-electron chi connectivity index (χ1n) is 5.58. The van der Waals surface area contributed by atoms with E-state index in [1.54, 1.807) is 0 Å². The van der Waals surface area contributed by atoms with Gasteiger partial charge in [0, 0.05) is 12.1 Å². The third kappa shape index (κ3) is 1.30. The number of hydrogen-bond donors (Lipinski definition) is 1. The molecule has 1 aliphatic rings. The van der Waals surface area contributed by atoms with E-state index in [0.717, 1.165) is 11.2 Å². The fourth-order valence-electron chi connectivity index (χ4n) is 2.55. The topological polar surface area (TPSA) is 43.3 Å². The highest BCUT2D eigenvalue weighted by molar-refractivity contribution is 5.68. The summed E-state index contributed by atoms with van der Waals surface area (Å²) in [5, 5.41) is 0. The van der Waals surface area contributed by atoms with Gasteiger partial charge in [0.2, 0.25) is 0 Å². The van der Waals surface area contributed by atoms with E-state index in [1.165, 1.54) is 31.5 Å². The van der Waals surface area contributed by atoms with E-state index in [1.807, 2.05) is 18.3 Å². The van der Waals surface area contributed by atoms with Crippen molar-refractivity contribution in [1.29, 1.82) is 0 Å². The molecule has 1 saturated carbocycles. The number of hydrogen-bond acceptors (Lipinski definition) is 2. The molecule has 0 aliphatic heterocycles. The summed E-state index contributed by atoms with van der Waals surface area (Å²) in [7, 11) is 0. The zero-order chi connectivity index (χ0) is 10.3. The Hall–Kier alpha value is -1.51. The number of rotatable bonds is 1. The van der Waals surface area contributed by atoms with Gasteiger partial charge in [-0.3, -0.25) is 0 Å². The van der Waals surface area contributed by atoms with Crippen LogP contribution in [0.3, 0.4) is 0 Å². The zero-order valence-corrected chi connectivity index (χ0v) is 8.69. The first-order chi connectivity index (χ1) is 7.36. The minimum Gasteiger partial charge on any atom is -0.397 e. The van der Waals surface area contributed by atoms with Crippen LogP contribution in [-0.4, -0.2) is 9.38 Å². The van der Waals surface area contributed by atoms with Crippen LogP contribution in [0.4, 0.5) is 5.69 Å². The quantitative estimate of drug-likeness (QED) is 0.770. The third-order valence-electron chi connectivity index (χ3n) is 3.35. The lowest BCUT2D eigenvalue weighted by Gasteiger charge is -2.08. The molecule has 0 bridgehead atoms. The normalized spacial score (nSPS) is 17.6. The SMILES string of the molecule is Nc1cccn2c(C3CCCC3)ncc12. The van der Waals surface area contributed by atoms with Crippen LogP contribution in [0.15, 0.2) is 24.5 Å². The molecule has 2 heterocycles. The van der Waals surface area contributed by atoms with E-state index in [9.17, 15) is 0 Å². The monoisotopic (exact) mass is 201 g/mol. The highest BCUT2D eigenvalue weighted by atomic mass is 15.0. The Morgan fingerprint density at radius 2 is 2.13 bits per heavy atom. The molecule has 15 heavy (non-hydrogen) atoms. The molecule has 0 amide bonds. The average molecular weight is 201 g/mol. The van der Waals surface area contributed by atoms with Crippen molar-refractivity contribution in [1.82, 2.24) is 9.38 Å². The first kappa shape index (κ1) is 8.77. The number of imidazole rings is 1. The maximum absolute atomic E-state index is 5.91. The van der Waals surface area contributed by atoms with Crippen LogP contribution in [0.2, 0.25) is 0 Å². The highest BCUT2D eigenvalue weighted by Crippen LogP contribution is 2.34. The smallest absolute Gasteiger partial charge is 0.116 e. The lowest BCUT2D eigenvalue weighted by atomic mass is 10.1. The van der Waals surface area contributed by atoms with Crippen molar-refractivity contribution in [2.24, 2.45) is 0 Å². The lowest BCUT2D eigenvalue weighted by molar-refractivity contribution is 0.665. The molecule has 2 aromatic rings. The Labute approximate surface area is 88.9 Å². The molecule has 78 valence electrons. The summed E-state index contributed by atoms with van der Waals surface area (Å²) in [6.07, 6.45) is 9.17. The maximum Gasteiger partial charge on any atom is 0.116 e. The minimum absolute atomic E-state index is 0.634. The van der Waals surface area contributed by atoms with Gasteiger partial charge in [-0.25, -0.2) is 4.98 Å². The summed E-state index contributed by atoms with van der Waals surface area (Å²) < 4.78 is 2.14. The summed E-state index contributed by atoms with van der Waals surface area (Å²) in [5.74, 6) is 1.82. The second-order valence-corrected chi connectivity index (χ2v) is 4.32. The zero-order valence-electron chi connectivity index (χ0n) is 8.69. The van der Waals surface area contributed by atoms with Crippen LogP contribution in [0.1, 0.15) is 37.4 Å². The van der Waals surface area contributed by atoms with Gasteiger partial charge in [0.25, 0.3) is 0 Å². The average Bonchev–Trinajstić information content (AvgIpc) is 2.85. The predicted molar refractivity (Wildman–Crippen MR) is 60.8 cm³/mol. The molecular formula is C12H15N3. The van der Waals surface area contributed by atoms with Crippen LogP contribution < -0.4 is 5.73 Å². The van der Waals surface area contributed by atoms with Gasteiger partial charge in [0.05, 0.1) is 17.4 Å². The predicted octanol–water partition coefficient (Wildman–Crippen LogP) is 2.57. The molecule has 1 aliphatic carbocycles. The fraction of sp³-hybridized carbons (Fsp3) is 0.417. The van der Waals surface area contributed by atoms with Crippen molar-refractivity contribution in [2.45, 2.75) is 31.6 Å². The number of fused-ring (bicyclic) bond motifs is 1. The first-order valence-corrected chi connectivity index (χ1v) is 5.58. The van der Waals surface area contributed by atoms with Crippen molar-refractivity contribution < 1.29 is 0 Å². The number of pyridine rings is 1. The minimum atomic E-state index is 0.634. The number of nitrogens with zero attached hydrogens (tertiary/aromatic N) is 2. The standard InChI is InChI=1S/C12H15N3/c13-10-6-3-7-15-11(10)8-14-12(15)9-4-1-2-5-9/h3,6-9H,1-2,4-5,13H2. The van der Waals surface area contributed by atoms with Crippen molar-refractivity contribution in [3.05, 3.63) is 30.4 Å². The van der Waals surface area contributed by atoms with Gasteiger partial charge in [-0.1, -0.05) is 12.8 Å². The van der Waals surface area contributed by atoms with Gasteiger partial charge in [0.15, 0.2) is 0 Å². The number of nitrogens with two attached hydrogens (primary N) is 1. The van der Waals surface area contributed by atoms with Crippen LogP contribution in [0, 0.1) is 0 Å². The molecule has 3 heteroatoms. The Morgan fingerprint density at radius 3 is 2.93 bits per heavy atom.